The number of rotatable bonds is 5. The van der Waals surface area contributed by atoms with Crippen LogP contribution >= 0.6 is 12.2 Å². The Morgan fingerprint density at radius 2 is 1.96 bits per heavy atom. The Bertz CT molecular complexity index is 886. The molecule has 1 saturated heterocycles. The number of ether oxygens (including phenoxy) is 2. The van der Waals surface area contributed by atoms with Crippen LogP contribution in [0, 0.1) is 0 Å². The van der Waals surface area contributed by atoms with E-state index >= 15 is 0 Å². The van der Waals surface area contributed by atoms with E-state index in [4.69, 9.17) is 17.0 Å². The molecule has 26 heavy (non-hydrogen) atoms. The third kappa shape index (κ3) is 3.65. The summed E-state index contributed by atoms with van der Waals surface area (Å²) in [7, 11) is 1.52. The lowest BCUT2D eigenvalue weighted by atomic mass is 10.1. The largest absolute Gasteiger partial charge is 0.497 e. The van der Waals surface area contributed by atoms with E-state index in [1.807, 2.05) is 0 Å². The molecule has 0 bridgehead atoms. The highest BCUT2D eigenvalue weighted by Crippen LogP contribution is 2.28. The summed E-state index contributed by atoms with van der Waals surface area (Å²) in [5.41, 5.74) is 1.02. The van der Waals surface area contributed by atoms with Gasteiger partial charge in [-0.05, 0) is 36.5 Å². The molecule has 3 rings (SSSR count). The molecule has 1 aliphatic heterocycles. The van der Waals surface area contributed by atoms with Crippen molar-refractivity contribution in [3.8, 4) is 11.5 Å². The van der Waals surface area contributed by atoms with Crippen molar-refractivity contribution in [1.29, 1.82) is 0 Å². The minimum Gasteiger partial charge on any atom is -0.497 e. The number of carbonyl (C=O) groups is 1. The van der Waals surface area contributed by atoms with Crippen LogP contribution in [0.4, 0.5) is 14.5 Å². The van der Waals surface area contributed by atoms with Gasteiger partial charge in [0.25, 0.3) is 5.91 Å². The zero-order valence-electron chi connectivity index (χ0n) is 13.6. The van der Waals surface area contributed by atoms with Crippen LogP contribution in [-0.2, 0) is 4.79 Å². The van der Waals surface area contributed by atoms with E-state index in [-0.39, 0.29) is 16.6 Å². The minimum absolute atomic E-state index is 0.0321. The molecule has 5 nitrogen and oxygen atoms in total. The lowest BCUT2D eigenvalue weighted by Gasteiger charge is -2.14. The summed E-state index contributed by atoms with van der Waals surface area (Å²) in [4.78, 5) is 14.0. The Balaban J connectivity index is 1.93. The standard InChI is InChI=1S/C18H14F2N2O3S/c1-24-13-7-4-6-12(10-13)22-16(23)14(21-18(22)26)9-11-5-2-3-8-15(11)25-17(19)20/h2-10,17H,1H3,(H,21,26). The van der Waals surface area contributed by atoms with Gasteiger partial charge in [-0.1, -0.05) is 24.3 Å². The molecule has 1 N–H and O–H groups in total. The molecule has 1 heterocycles. The quantitative estimate of drug-likeness (QED) is 0.639. The third-order valence-corrected chi connectivity index (χ3v) is 3.91. The van der Waals surface area contributed by atoms with Crippen molar-refractivity contribution in [2.24, 2.45) is 0 Å². The van der Waals surface area contributed by atoms with E-state index in [0.717, 1.165) is 0 Å². The number of hydrogen-bond acceptors (Lipinski definition) is 4. The normalized spacial score (nSPS) is 15.5. The van der Waals surface area contributed by atoms with Crippen LogP contribution in [0.15, 0.2) is 54.2 Å². The molecule has 1 aliphatic rings. The van der Waals surface area contributed by atoms with Crippen LogP contribution in [0.2, 0.25) is 0 Å². The maximum atomic E-state index is 12.7. The number of amides is 1. The Kier molecular flexibility index (Phi) is 5.13. The van der Waals surface area contributed by atoms with Crippen LogP contribution in [-0.4, -0.2) is 24.7 Å². The molecule has 0 spiro atoms. The first-order chi connectivity index (χ1) is 12.5. The SMILES string of the molecule is COc1cccc(N2C(=O)C(=Cc3ccccc3OC(F)F)NC2=S)c1. The zero-order chi connectivity index (χ0) is 18.7. The molecule has 1 amide bonds. The number of para-hydroxylation sites is 1. The molecule has 1 fully saturated rings. The predicted molar refractivity (Wildman–Crippen MR) is 97.3 cm³/mol. The maximum absolute atomic E-state index is 12.7. The number of benzene rings is 2. The van der Waals surface area contributed by atoms with Crippen molar-refractivity contribution in [3.63, 3.8) is 0 Å². The maximum Gasteiger partial charge on any atom is 0.387 e. The van der Waals surface area contributed by atoms with E-state index < -0.39 is 12.5 Å². The van der Waals surface area contributed by atoms with Gasteiger partial charge in [0, 0.05) is 11.6 Å². The van der Waals surface area contributed by atoms with E-state index in [1.54, 1.807) is 42.5 Å². The van der Waals surface area contributed by atoms with Crippen molar-refractivity contribution in [2.45, 2.75) is 6.61 Å². The molecule has 0 aliphatic carbocycles. The van der Waals surface area contributed by atoms with Gasteiger partial charge in [-0.3, -0.25) is 9.69 Å². The molecule has 0 saturated carbocycles. The Labute approximate surface area is 153 Å². The summed E-state index contributed by atoms with van der Waals surface area (Å²) in [6.07, 6.45) is 1.42. The number of methoxy groups -OCH3 is 1. The number of nitrogens with zero attached hydrogens (tertiary/aromatic N) is 1. The number of alkyl halides is 2. The Hall–Kier alpha value is -3.00. The van der Waals surface area contributed by atoms with Crippen molar-refractivity contribution in [2.75, 3.05) is 12.0 Å². The van der Waals surface area contributed by atoms with E-state index in [1.165, 1.54) is 24.2 Å². The summed E-state index contributed by atoms with van der Waals surface area (Å²) >= 11 is 5.24. The van der Waals surface area contributed by atoms with Gasteiger partial charge >= 0.3 is 6.61 Å². The van der Waals surface area contributed by atoms with Gasteiger partial charge in [0.15, 0.2) is 5.11 Å². The second kappa shape index (κ2) is 7.49. The molecule has 8 heteroatoms. The molecule has 0 atom stereocenters. The van der Waals surface area contributed by atoms with Gasteiger partial charge in [0.05, 0.1) is 12.8 Å². The van der Waals surface area contributed by atoms with Gasteiger partial charge in [-0.15, -0.1) is 0 Å². The summed E-state index contributed by atoms with van der Waals surface area (Å²) < 4.78 is 34.7. The Morgan fingerprint density at radius 1 is 1.19 bits per heavy atom. The number of carbonyl (C=O) groups excluding carboxylic acids is 1. The lowest BCUT2D eigenvalue weighted by molar-refractivity contribution is -0.113. The monoisotopic (exact) mass is 376 g/mol. The van der Waals surface area contributed by atoms with E-state index in [9.17, 15) is 13.6 Å². The summed E-state index contributed by atoms with van der Waals surface area (Å²) in [6, 6.07) is 13.0. The first-order valence-corrected chi connectivity index (χ1v) is 7.95. The molecule has 0 aromatic heterocycles. The molecule has 0 radical (unpaired) electrons. The predicted octanol–water partition coefficient (Wildman–Crippen LogP) is 3.56. The first kappa shape index (κ1) is 17.8. The molecule has 0 unspecified atom stereocenters. The molecular weight excluding hydrogens is 362 g/mol. The topological polar surface area (TPSA) is 50.8 Å². The second-order valence-corrected chi connectivity index (χ2v) is 5.63. The molecular formula is C18H14F2N2O3S. The average Bonchev–Trinajstić information content (AvgIpc) is 2.90. The fourth-order valence-electron chi connectivity index (χ4n) is 2.48. The van der Waals surface area contributed by atoms with Crippen molar-refractivity contribution < 1.29 is 23.0 Å². The number of thiocarbonyl (C=S) groups is 1. The number of hydrogen-bond donors (Lipinski definition) is 1. The number of anilines is 1. The van der Waals surface area contributed by atoms with E-state index in [0.29, 0.717) is 17.0 Å². The summed E-state index contributed by atoms with van der Waals surface area (Å²) in [6.45, 7) is -2.96. The van der Waals surface area contributed by atoms with Gasteiger partial charge < -0.3 is 14.8 Å². The van der Waals surface area contributed by atoms with E-state index in [2.05, 4.69) is 10.1 Å². The van der Waals surface area contributed by atoms with Crippen LogP contribution in [0.1, 0.15) is 5.56 Å². The molecule has 134 valence electrons. The fraction of sp³-hybridized carbons (Fsp3) is 0.111. The zero-order valence-corrected chi connectivity index (χ0v) is 14.4. The fourth-order valence-corrected chi connectivity index (χ4v) is 2.78. The van der Waals surface area contributed by atoms with Gasteiger partial charge in [0.2, 0.25) is 0 Å². The van der Waals surface area contributed by atoms with Gasteiger partial charge in [-0.25, -0.2) is 0 Å². The number of halogens is 2. The van der Waals surface area contributed by atoms with Crippen LogP contribution in [0.25, 0.3) is 6.08 Å². The van der Waals surface area contributed by atoms with Crippen molar-refractivity contribution >= 4 is 35.0 Å². The summed E-state index contributed by atoms with van der Waals surface area (Å²) in [5, 5.41) is 2.99. The third-order valence-electron chi connectivity index (χ3n) is 3.62. The highest BCUT2D eigenvalue weighted by molar-refractivity contribution is 7.80. The smallest absolute Gasteiger partial charge is 0.387 e. The highest BCUT2D eigenvalue weighted by Gasteiger charge is 2.32. The summed E-state index contributed by atoms with van der Waals surface area (Å²) in [5.74, 6) is 0.136. The highest BCUT2D eigenvalue weighted by atomic mass is 32.1. The average molecular weight is 376 g/mol. The first-order valence-electron chi connectivity index (χ1n) is 7.54. The van der Waals surface area contributed by atoms with Gasteiger partial charge in [-0.2, -0.15) is 8.78 Å². The van der Waals surface area contributed by atoms with Crippen molar-refractivity contribution in [3.05, 3.63) is 59.8 Å². The van der Waals surface area contributed by atoms with Gasteiger partial charge in [0.1, 0.15) is 17.2 Å². The number of nitrogens with one attached hydrogen (secondary N) is 1. The second-order valence-electron chi connectivity index (χ2n) is 5.25. The van der Waals surface area contributed by atoms with Crippen LogP contribution in [0.3, 0.4) is 0 Å². The molecule has 2 aromatic rings. The minimum atomic E-state index is -2.96. The molecule has 2 aromatic carbocycles. The van der Waals surface area contributed by atoms with Crippen molar-refractivity contribution in [1.82, 2.24) is 5.32 Å². The van der Waals surface area contributed by atoms with Crippen LogP contribution in [0.5, 0.6) is 11.5 Å². The Morgan fingerprint density at radius 3 is 2.69 bits per heavy atom. The van der Waals surface area contributed by atoms with Crippen LogP contribution < -0.4 is 19.7 Å². The lowest BCUT2D eigenvalue weighted by Crippen LogP contribution is -2.30.